The molecule has 0 saturated carbocycles. The molecule has 6 heterocycles. The van der Waals surface area contributed by atoms with Gasteiger partial charge in [0.2, 0.25) is 23.4 Å². The van der Waals surface area contributed by atoms with Gasteiger partial charge in [0.05, 0.1) is 30.7 Å². The molecule has 77 heteroatoms. The number of aryl methyl sites for hydroxylation is 2. The van der Waals surface area contributed by atoms with Crippen molar-refractivity contribution in [3.05, 3.63) is 132 Å². The Labute approximate surface area is 624 Å². The molecule has 714 valence electrons. The Hall–Kier alpha value is -12.0. The molecule has 0 fully saturated rings. The zero-order valence-electron chi connectivity index (χ0n) is 55.4. The number of benzene rings is 2. The summed E-state index contributed by atoms with van der Waals surface area (Å²) in [5.41, 5.74) is 17.5. The number of carbonyl (C=O) groups is 3. The van der Waals surface area contributed by atoms with E-state index in [0.717, 1.165) is 16.7 Å². The molecule has 6 N–H and O–H groups in total. The fourth-order valence-electron chi connectivity index (χ4n) is 5.74. The molecule has 22 nitrogen and oxygen atoms in total. The number of anilines is 2. The monoisotopic (exact) mass is 1930 g/mol. The van der Waals surface area contributed by atoms with Crippen molar-refractivity contribution >= 4 is 52.4 Å². The summed E-state index contributed by atoms with van der Waals surface area (Å²) in [4.78, 5) is 54.4. The van der Waals surface area contributed by atoms with Crippen molar-refractivity contribution in [2.45, 2.75) is 60.7 Å². The number of rotatable bonds is 10. The maximum atomic E-state index is 12.9. The van der Waals surface area contributed by atoms with E-state index in [1.165, 1.54) is 6.20 Å². The third-order valence-electron chi connectivity index (χ3n) is 8.76. The second kappa shape index (κ2) is 166. The Kier molecular flexibility index (Phi) is 237. The average Bonchev–Trinajstić information content (AvgIpc) is 1.75. The highest BCUT2D eigenvalue weighted by atomic mass is 35.5. The van der Waals surface area contributed by atoms with Gasteiger partial charge in [0.25, 0.3) is 11.8 Å². The summed E-state index contributed by atoms with van der Waals surface area (Å²) in [5, 5.41) is 21.4. The predicted molar refractivity (Wildman–Crippen MR) is 299 cm³/mol. The number of hydrogen-bond acceptors (Lipinski definition) is 15. The van der Waals surface area contributed by atoms with Gasteiger partial charge in [0.1, 0.15) is 34.8 Å². The lowest BCUT2D eigenvalue weighted by atomic mass is 10.1. The highest BCUT2D eigenvalue weighted by Gasteiger charge is 2.19. The van der Waals surface area contributed by atoms with E-state index in [1.54, 1.807) is 54.2 Å². The molecule has 0 saturated heterocycles. The van der Waals surface area contributed by atoms with Crippen LogP contribution in [0.5, 0.6) is 0 Å². The van der Waals surface area contributed by atoms with E-state index < -0.39 is 11.7 Å². The maximum absolute atomic E-state index is 12.9. The molecule has 0 spiro atoms. The molecule has 0 aliphatic heterocycles. The summed E-state index contributed by atoms with van der Waals surface area (Å²) in [5.74, 6) is 0.811. The smallest absolute Gasteiger partial charge is 0.408 e. The fourth-order valence-corrected chi connectivity index (χ4v) is 5.78. The number of hydrogen-bond donors (Lipinski definition) is 5. The van der Waals surface area contributed by atoms with Crippen molar-refractivity contribution in [3.63, 3.8) is 0 Å². The van der Waals surface area contributed by atoms with Gasteiger partial charge in [-0.2, -0.15) is 15.5 Å². The van der Waals surface area contributed by atoms with Crippen molar-refractivity contribution in [1.82, 2.24) is 44.4 Å². The van der Waals surface area contributed by atoms with Crippen molar-refractivity contribution in [2.75, 3.05) is 10.6 Å². The number of imidazole rings is 2. The maximum Gasteiger partial charge on any atom is 0.408 e. The highest BCUT2D eigenvalue weighted by molar-refractivity contribution is 6.13. The van der Waals surface area contributed by atoms with Gasteiger partial charge in [-0.25, -0.2) is 14.8 Å². The van der Waals surface area contributed by atoms with Crippen LogP contribution in [0.3, 0.4) is 0 Å². The van der Waals surface area contributed by atoms with Crippen LogP contribution >= 0.6 is 11.8 Å². The standard InChI is InChI=1S/C23H24N6O4.C18H16N6O2.CH4.ClHN4.27F2/c1-14-8-9-15(20-27-19(33-28-20)13-25-22(31)32-23(2,3)4)11-16(14)26-21(30)17-12-24-18-7-5-6-10-29(17)18;1-11-5-6-12(17-22-16(9-19)26-23-17)8-13(11)21-18(25)14-10-20-15-4-2-3-7-24(14)15;;1-3-5-4-2;27*1-2/h5-12H,13H2,1-4H3,(H,25,31)(H,26,30);2-8,10H,9,19H2,1H3,(H,21,25);1H4;2H;;;;;;;;;;;;;;;;;;;;;;;;;;;. The van der Waals surface area contributed by atoms with Gasteiger partial charge < -0.3 is 35.5 Å². The first-order valence-electron chi connectivity index (χ1n) is 23.0. The van der Waals surface area contributed by atoms with Gasteiger partial charge in [0, 0.05) is 282 Å². The summed E-state index contributed by atoms with van der Waals surface area (Å²) in [6, 6.07) is 22.1. The SMILES string of the molecule is C.Cc1ccc(-c2noc(CN)n2)cc1NC(=O)c1cnc2ccccn12.Cc1ccc(-c2noc(CNC(=O)OC(C)(C)C)n2)cc1NC(=O)c1cnc2ccccn12.FF.FF.FF.FF.FF.FF.FF.FF.FF.FF.FF.FF.FF.FF.FF.FF.FF.FF.FF.FF.FF.FF.FF.FF.FF.FF.FF.N=NN=NCl. The van der Waals surface area contributed by atoms with Gasteiger partial charge in [-0.05, 0) is 92.6 Å². The number of halogens is 55. The molecule has 0 aliphatic rings. The minimum absolute atomic E-state index is 0. The lowest BCUT2D eigenvalue weighted by Crippen LogP contribution is -2.32. The molecule has 6 aromatic heterocycles. The van der Waals surface area contributed by atoms with Gasteiger partial charge >= 0.3 is 6.09 Å². The lowest BCUT2D eigenvalue weighted by Gasteiger charge is -2.19. The number of amides is 3. The summed E-state index contributed by atoms with van der Waals surface area (Å²) < 4.78 is 454. The number of nitrogens with two attached hydrogens (primary N) is 1. The average molecular weight is 1930 g/mol. The first-order chi connectivity index (χ1) is 57.8. The first kappa shape index (κ1) is 170. The van der Waals surface area contributed by atoms with E-state index >= 15 is 0 Å². The van der Waals surface area contributed by atoms with Crippen LogP contribution in [0.25, 0.3) is 34.1 Å². The molecule has 0 aliphatic carbocycles. The summed E-state index contributed by atoms with van der Waals surface area (Å²) in [6.07, 6.45) is 6.10. The number of nitrogens with zero attached hydrogens (tertiary/aromatic N) is 11. The molecule has 0 bridgehead atoms. The van der Waals surface area contributed by atoms with Crippen LogP contribution in [0.15, 0.2) is 122 Å². The number of nitrogens with one attached hydrogen (secondary N) is 4. The Balaban J connectivity index is -0.0000000455. The van der Waals surface area contributed by atoms with E-state index in [0.29, 0.717) is 57.2 Å². The first-order valence-corrected chi connectivity index (χ1v) is 23.3. The van der Waals surface area contributed by atoms with Crippen LogP contribution in [-0.4, -0.2) is 62.6 Å². The van der Waals surface area contributed by atoms with Gasteiger partial charge in [-0.3, -0.25) is 18.4 Å². The summed E-state index contributed by atoms with van der Waals surface area (Å²) in [6.45, 7) is 9.35. The Morgan fingerprint density at radius 1 is 0.445 bits per heavy atom. The van der Waals surface area contributed by atoms with E-state index in [4.69, 9.17) is 272 Å². The molecule has 3 amide bonds. The van der Waals surface area contributed by atoms with Crippen molar-refractivity contribution in [2.24, 2.45) is 20.8 Å². The summed E-state index contributed by atoms with van der Waals surface area (Å²) >= 11 is 4.55. The molecular formula is C42H45ClF54N16O6. The Morgan fingerprint density at radius 2 is 0.714 bits per heavy atom. The quantitative estimate of drug-likeness (QED) is 0.0484. The molecule has 0 atom stereocenters. The second-order valence-corrected chi connectivity index (χ2v) is 14.6. The number of carbonyl (C=O) groups excluding carboxylic acids is 3. The van der Waals surface area contributed by atoms with Crippen LogP contribution in [-0.2, 0) is 17.8 Å². The Morgan fingerprint density at radius 3 is 0.950 bits per heavy atom. The lowest BCUT2D eigenvalue weighted by molar-refractivity contribution is 0.0517. The number of alkyl carbamates (subject to hydrolysis) is 1. The number of ether oxygens (including phenoxy) is 1. The third kappa shape index (κ3) is 94.7. The van der Waals surface area contributed by atoms with Crippen LogP contribution in [0.2, 0.25) is 0 Å². The van der Waals surface area contributed by atoms with E-state index in [-0.39, 0.29) is 38.2 Å². The van der Waals surface area contributed by atoms with Crippen LogP contribution in [0.4, 0.5) is 263 Å². The molecule has 8 aromatic rings. The van der Waals surface area contributed by atoms with Crippen LogP contribution in [0.1, 0.15) is 72.1 Å². The third-order valence-corrected chi connectivity index (χ3v) is 8.83. The van der Waals surface area contributed by atoms with E-state index in [1.807, 2.05) is 80.6 Å². The minimum Gasteiger partial charge on any atom is -0.444 e. The predicted octanol–water partition coefficient (Wildman–Crippen LogP) is 31.2. The van der Waals surface area contributed by atoms with E-state index in [2.05, 4.69) is 73.1 Å². The van der Waals surface area contributed by atoms with Crippen LogP contribution < -0.4 is 21.7 Å². The number of fused-ring (bicyclic) bond motifs is 2. The molecule has 8 rings (SSSR count). The summed E-state index contributed by atoms with van der Waals surface area (Å²) in [7, 11) is 0. The zero-order valence-corrected chi connectivity index (χ0v) is 56.1. The Bertz CT molecular complexity index is 3070. The molecule has 2 aromatic carbocycles. The number of pyridine rings is 2. The molecule has 119 heavy (non-hydrogen) atoms. The van der Waals surface area contributed by atoms with Crippen LogP contribution in [0, 0.1) is 19.4 Å². The van der Waals surface area contributed by atoms with Gasteiger partial charge in [-0.1, -0.05) is 58.8 Å². The fraction of sp³-hybridized carbons (Fsp3) is 0.214. The van der Waals surface area contributed by atoms with Gasteiger partial charge in [-0.15, -0.1) is 0 Å². The normalized spacial score (nSPS) is 7.30. The molecular weight excluding hydrogens is 1890 g/mol. The molecule has 0 unspecified atom stereocenters. The zero-order chi connectivity index (χ0) is 99.8. The van der Waals surface area contributed by atoms with E-state index in [9.17, 15) is 14.4 Å². The van der Waals surface area contributed by atoms with Crippen molar-refractivity contribution < 1.29 is 275 Å². The molecule has 0 radical (unpaired) electrons. The number of aromatic nitrogens is 8. The highest BCUT2D eigenvalue weighted by Crippen LogP contribution is 2.26. The van der Waals surface area contributed by atoms with Gasteiger partial charge in [0.15, 0.2) is 0 Å². The second-order valence-electron chi connectivity index (χ2n) is 14.5. The van der Waals surface area contributed by atoms with Crippen molar-refractivity contribution in [1.29, 1.82) is 5.53 Å². The topological polar surface area (TPSA) is 296 Å². The van der Waals surface area contributed by atoms with Crippen molar-refractivity contribution in [3.8, 4) is 22.8 Å². The minimum atomic E-state index is -0.601. The largest absolute Gasteiger partial charge is 0.444 e.